The number of nitrogens with zero attached hydrogens (tertiary/aromatic N) is 2. The molecule has 0 aliphatic rings. The van der Waals surface area contributed by atoms with Gasteiger partial charge in [-0.3, -0.25) is 4.79 Å². The zero-order valence-electron chi connectivity index (χ0n) is 20.4. The number of para-hydroxylation sites is 3. The zero-order chi connectivity index (χ0) is 25.5. The molecule has 1 heterocycles. The Morgan fingerprint density at radius 2 is 1.72 bits per heavy atom. The molecule has 0 amide bonds. The molecule has 0 aliphatic carbocycles. The van der Waals surface area contributed by atoms with Crippen LogP contribution in [-0.2, 0) is 6.54 Å². The number of hydrogen-bond acceptors (Lipinski definition) is 7. The summed E-state index contributed by atoms with van der Waals surface area (Å²) in [4.78, 5) is 17.4. The van der Waals surface area contributed by atoms with Gasteiger partial charge in [0, 0.05) is 18.2 Å². The Labute approximate surface area is 209 Å². The normalized spacial score (nSPS) is 11.1. The summed E-state index contributed by atoms with van der Waals surface area (Å²) in [7, 11) is 4.27. The number of carbonyl (C=O) groups is 1. The van der Waals surface area contributed by atoms with Crippen molar-refractivity contribution in [3.8, 4) is 28.7 Å². The van der Waals surface area contributed by atoms with Gasteiger partial charge in [0.15, 0.2) is 17.3 Å². The summed E-state index contributed by atoms with van der Waals surface area (Å²) in [6.45, 7) is 1.27. The van der Waals surface area contributed by atoms with Crippen molar-refractivity contribution in [2.45, 2.75) is 13.0 Å². The zero-order valence-corrected chi connectivity index (χ0v) is 20.4. The van der Waals surface area contributed by atoms with Gasteiger partial charge in [-0.1, -0.05) is 30.3 Å². The van der Waals surface area contributed by atoms with E-state index in [9.17, 15) is 9.90 Å². The van der Waals surface area contributed by atoms with Crippen molar-refractivity contribution in [2.75, 3.05) is 27.9 Å². The summed E-state index contributed by atoms with van der Waals surface area (Å²) >= 11 is 0. The third-order valence-corrected chi connectivity index (χ3v) is 5.72. The van der Waals surface area contributed by atoms with Crippen molar-refractivity contribution in [3.05, 3.63) is 78.1 Å². The number of hydrogen-bond donors (Lipinski definition) is 1. The number of aromatic nitrogens is 2. The van der Waals surface area contributed by atoms with E-state index >= 15 is 0 Å². The van der Waals surface area contributed by atoms with Crippen LogP contribution in [0.4, 0.5) is 0 Å². The van der Waals surface area contributed by atoms with Crippen molar-refractivity contribution < 1.29 is 28.8 Å². The second-order valence-corrected chi connectivity index (χ2v) is 7.90. The van der Waals surface area contributed by atoms with Crippen LogP contribution in [0.5, 0.6) is 28.7 Å². The van der Waals surface area contributed by atoms with Gasteiger partial charge in [0.05, 0.1) is 45.3 Å². The summed E-state index contributed by atoms with van der Waals surface area (Å²) < 4.78 is 24.0. The number of imidazole rings is 1. The van der Waals surface area contributed by atoms with Crippen LogP contribution in [0.3, 0.4) is 0 Å². The molecule has 0 bridgehead atoms. The van der Waals surface area contributed by atoms with Gasteiger partial charge in [-0.25, -0.2) is 4.98 Å². The molecule has 36 heavy (non-hydrogen) atoms. The SMILES string of the molecule is COc1cc(O)c(C(=O)/C=C/c2ccccc2OCCCn2cnc3ccccc32)c(OC)c1OC. The van der Waals surface area contributed by atoms with Gasteiger partial charge >= 0.3 is 0 Å². The number of benzene rings is 3. The molecule has 8 heteroatoms. The maximum Gasteiger partial charge on any atom is 0.204 e. The molecule has 186 valence electrons. The summed E-state index contributed by atoms with van der Waals surface area (Å²) in [6, 6.07) is 16.8. The molecule has 3 aromatic carbocycles. The standard InChI is InChI=1S/C28H28N2O6/c1-33-25-17-23(32)26(28(35-3)27(25)34-2)22(31)14-13-19-9-4-7-12-24(19)36-16-8-15-30-18-29-20-10-5-6-11-21(20)30/h4-7,9-14,17-18,32H,8,15-16H2,1-3H3/b14-13+. The number of ketones is 1. The first-order chi connectivity index (χ1) is 17.6. The summed E-state index contributed by atoms with van der Waals surface area (Å²) in [5, 5.41) is 10.5. The van der Waals surface area contributed by atoms with Crippen molar-refractivity contribution in [2.24, 2.45) is 0 Å². The Morgan fingerprint density at radius 1 is 0.972 bits per heavy atom. The van der Waals surface area contributed by atoms with Crippen molar-refractivity contribution in [1.82, 2.24) is 9.55 Å². The number of allylic oxidation sites excluding steroid dienone is 1. The molecular weight excluding hydrogens is 460 g/mol. The lowest BCUT2D eigenvalue weighted by Gasteiger charge is -2.15. The molecule has 1 aromatic heterocycles. The number of rotatable bonds is 11. The number of carbonyl (C=O) groups excluding carboxylic acids is 1. The fourth-order valence-electron chi connectivity index (χ4n) is 3.99. The number of phenols is 1. The fraction of sp³-hybridized carbons (Fsp3) is 0.214. The highest BCUT2D eigenvalue weighted by Gasteiger charge is 2.24. The molecular formula is C28H28N2O6. The predicted octanol–water partition coefficient (Wildman–Crippen LogP) is 5.13. The quantitative estimate of drug-likeness (QED) is 0.178. The van der Waals surface area contributed by atoms with Crippen LogP contribution >= 0.6 is 0 Å². The van der Waals surface area contributed by atoms with Crippen LogP contribution in [0.2, 0.25) is 0 Å². The highest BCUT2D eigenvalue weighted by Crippen LogP contribution is 2.45. The summed E-state index contributed by atoms with van der Waals surface area (Å²) in [6.07, 6.45) is 5.64. The number of methoxy groups -OCH3 is 3. The average molecular weight is 489 g/mol. The lowest BCUT2D eigenvalue weighted by atomic mass is 10.0. The first-order valence-corrected chi connectivity index (χ1v) is 11.4. The topological polar surface area (TPSA) is 92.0 Å². The van der Waals surface area contributed by atoms with E-state index in [0.29, 0.717) is 12.4 Å². The number of aromatic hydroxyl groups is 1. The highest BCUT2D eigenvalue weighted by atomic mass is 16.5. The molecule has 0 atom stereocenters. The highest BCUT2D eigenvalue weighted by molar-refractivity contribution is 6.11. The summed E-state index contributed by atoms with van der Waals surface area (Å²) in [5.74, 6) is 0.516. The minimum atomic E-state index is -0.452. The molecule has 0 radical (unpaired) electrons. The maximum atomic E-state index is 13.0. The summed E-state index contributed by atoms with van der Waals surface area (Å²) in [5.41, 5.74) is 2.78. The number of aryl methyl sites for hydroxylation is 1. The van der Waals surface area contributed by atoms with Gasteiger partial charge in [0.25, 0.3) is 0 Å². The van der Waals surface area contributed by atoms with Crippen molar-refractivity contribution >= 4 is 22.9 Å². The van der Waals surface area contributed by atoms with Gasteiger partial charge in [0.1, 0.15) is 17.1 Å². The number of ether oxygens (including phenoxy) is 4. The van der Waals surface area contributed by atoms with E-state index in [4.69, 9.17) is 18.9 Å². The average Bonchev–Trinajstić information content (AvgIpc) is 3.32. The second kappa shape index (κ2) is 11.3. The van der Waals surface area contributed by atoms with Crippen LogP contribution in [0.15, 0.2) is 67.0 Å². The van der Waals surface area contributed by atoms with Crippen LogP contribution in [0, 0.1) is 0 Å². The molecule has 0 fully saturated rings. The van der Waals surface area contributed by atoms with Crippen molar-refractivity contribution in [1.29, 1.82) is 0 Å². The molecule has 0 unspecified atom stereocenters. The van der Waals surface area contributed by atoms with E-state index in [0.717, 1.165) is 29.6 Å². The largest absolute Gasteiger partial charge is 0.507 e. The van der Waals surface area contributed by atoms with Crippen LogP contribution in [0.25, 0.3) is 17.1 Å². The van der Waals surface area contributed by atoms with Gasteiger partial charge in [-0.15, -0.1) is 0 Å². The molecule has 4 rings (SSSR count). The molecule has 1 N–H and O–H groups in total. The van der Waals surface area contributed by atoms with Gasteiger partial charge < -0.3 is 28.6 Å². The maximum absolute atomic E-state index is 13.0. The Kier molecular flexibility index (Phi) is 7.75. The predicted molar refractivity (Wildman–Crippen MR) is 137 cm³/mol. The second-order valence-electron chi connectivity index (χ2n) is 7.90. The van der Waals surface area contributed by atoms with E-state index < -0.39 is 5.78 Å². The third kappa shape index (κ3) is 5.12. The third-order valence-electron chi connectivity index (χ3n) is 5.72. The lowest BCUT2D eigenvalue weighted by Crippen LogP contribution is -2.05. The number of phenolic OH excluding ortho intramolecular Hbond substituents is 1. The van der Waals surface area contributed by atoms with E-state index in [1.165, 1.54) is 33.5 Å². The molecule has 0 spiro atoms. The molecule has 0 saturated heterocycles. The van der Waals surface area contributed by atoms with Crippen LogP contribution < -0.4 is 18.9 Å². The number of fused-ring (bicyclic) bond motifs is 1. The van der Waals surface area contributed by atoms with Crippen LogP contribution in [-0.4, -0.2) is 48.4 Å². The van der Waals surface area contributed by atoms with E-state index in [1.54, 1.807) is 6.08 Å². The molecule has 4 aromatic rings. The van der Waals surface area contributed by atoms with Gasteiger partial charge in [-0.2, -0.15) is 0 Å². The van der Waals surface area contributed by atoms with E-state index in [1.807, 2.05) is 54.9 Å². The Morgan fingerprint density at radius 3 is 2.50 bits per heavy atom. The Hall–Kier alpha value is -4.46. The Bertz CT molecular complexity index is 1390. The van der Waals surface area contributed by atoms with Gasteiger partial charge in [-0.05, 0) is 36.8 Å². The first-order valence-electron chi connectivity index (χ1n) is 11.4. The minimum absolute atomic E-state index is 0.0163. The smallest absolute Gasteiger partial charge is 0.204 e. The van der Waals surface area contributed by atoms with Gasteiger partial charge in [0.2, 0.25) is 5.75 Å². The molecule has 0 aliphatic heterocycles. The molecule has 8 nitrogen and oxygen atoms in total. The first kappa shape index (κ1) is 24.7. The van der Waals surface area contributed by atoms with Crippen molar-refractivity contribution in [3.63, 3.8) is 0 Å². The van der Waals surface area contributed by atoms with E-state index in [-0.39, 0.29) is 28.6 Å². The van der Waals surface area contributed by atoms with E-state index in [2.05, 4.69) is 9.55 Å². The Balaban J connectivity index is 1.46. The van der Waals surface area contributed by atoms with Crippen LogP contribution in [0.1, 0.15) is 22.3 Å². The monoisotopic (exact) mass is 488 g/mol. The molecule has 0 saturated carbocycles. The fourth-order valence-corrected chi connectivity index (χ4v) is 3.99. The minimum Gasteiger partial charge on any atom is -0.507 e. The lowest BCUT2D eigenvalue weighted by molar-refractivity contribution is 0.104.